The highest BCUT2D eigenvalue weighted by Crippen LogP contribution is 2.21. The predicted molar refractivity (Wildman–Crippen MR) is 78.4 cm³/mol. The molecule has 0 aliphatic carbocycles. The third kappa shape index (κ3) is 3.41. The van der Waals surface area contributed by atoms with E-state index in [0.717, 1.165) is 12.0 Å². The Morgan fingerprint density at radius 3 is 3.00 bits per heavy atom. The molecule has 1 atom stereocenters. The Bertz CT molecular complexity index is 601. The van der Waals surface area contributed by atoms with Crippen molar-refractivity contribution in [2.75, 3.05) is 20.2 Å². The molecule has 1 aliphatic heterocycles. The standard InChI is InChI=1S/C16H18N2O3/c1-21-16(20)14-8-4-10-18(14)15(19)13-7-2-5-12(11-13)6-3-9-17/h2,5,7,11,14H,4,8-10,17H2,1H3. The molecule has 1 fully saturated rings. The Hall–Kier alpha value is -2.32. The number of rotatable bonds is 2. The van der Waals surface area contributed by atoms with Crippen molar-refractivity contribution in [2.45, 2.75) is 18.9 Å². The van der Waals surface area contributed by atoms with Gasteiger partial charge < -0.3 is 15.4 Å². The van der Waals surface area contributed by atoms with Crippen molar-refractivity contribution in [3.63, 3.8) is 0 Å². The zero-order valence-electron chi connectivity index (χ0n) is 12.0. The topological polar surface area (TPSA) is 72.6 Å². The van der Waals surface area contributed by atoms with Crippen molar-refractivity contribution in [1.82, 2.24) is 4.90 Å². The lowest BCUT2D eigenvalue weighted by Crippen LogP contribution is -2.41. The molecule has 2 rings (SSSR count). The first-order valence-corrected chi connectivity index (χ1v) is 6.85. The Morgan fingerprint density at radius 2 is 2.29 bits per heavy atom. The average Bonchev–Trinajstić information content (AvgIpc) is 3.01. The first-order valence-electron chi connectivity index (χ1n) is 6.85. The van der Waals surface area contributed by atoms with Crippen LogP contribution in [0.2, 0.25) is 0 Å². The van der Waals surface area contributed by atoms with Crippen LogP contribution in [-0.4, -0.2) is 43.0 Å². The van der Waals surface area contributed by atoms with Crippen LogP contribution in [0.1, 0.15) is 28.8 Å². The lowest BCUT2D eigenvalue weighted by Gasteiger charge is -2.22. The lowest BCUT2D eigenvalue weighted by atomic mass is 10.1. The monoisotopic (exact) mass is 286 g/mol. The minimum atomic E-state index is -0.485. The summed E-state index contributed by atoms with van der Waals surface area (Å²) >= 11 is 0. The summed E-state index contributed by atoms with van der Waals surface area (Å²) in [6.45, 7) is 0.839. The molecule has 0 saturated carbocycles. The van der Waals surface area contributed by atoms with Crippen LogP contribution < -0.4 is 5.73 Å². The van der Waals surface area contributed by atoms with Crippen LogP contribution in [0.25, 0.3) is 0 Å². The number of amides is 1. The van der Waals surface area contributed by atoms with Crippen LogP contribution in [-0.2, 0) is 9.53 Å². The summed E-state index contributed by atoms with van der Waals surface area (Å²) < 4.78 is 4.76. The van der Waals surface area contributed by atoms with Crippen molar-refractivity contribution in [1.29, 1.82) is 0 Å². The largest absolute Gasteiger partial charge is 0.467 e. The van der Waals surface area contributed by atoms with Gasteiger partial charge in [-0.25, -0.2) is 4.79 Å². The van der Waals surface area contributed by atoms with Crippen molar-refractivity contribution in [3.8, 4) is 11.8 Å². The second-order valence-corrected chi connectivity index (χ2v) is 4.77. The molecule has 1 aromatic rings. The summed E-state index contributed by atoms with van der Waals surface area (Å²) in [6.07, 6.45) is 1.45. The normalized spacial score (nSPS) is 17.0. The molecular formula is C16H18N2O3. The van der Waals surface area contributed by atoms with Gasteiger partial charge in [0.15, 0.2) is 0 Å². The van der Waals surface area contributed by atoms with Gasteiger partial charge in [-0.2, -0.15) is 0 Å². The van der Waals surface area contributed by atoms with E-state index < -0.39 is 6.04 Å². The number of esters is 1. The molecule has 0 spiro atoms. The molecule has 1 heterocycles. The van der Waals surface area contributed by atoms with Gasteiger partial charge in [0.05, 0.1) is 13.7 Å². The van der Waals surface area contributed by atoms with E-state index in [1.165, 1.54) is 7.11 Å². The maximum absolute atomic E-state index is 12.5. The van der Waals surface area contributed by atoms with Gasteiger partial charge in [-0.1, -0.05) is 17.9 Å². The van der Waals surface area contributed by atoms with E-state index in [-0.39, 0.29) is 18.4 Å². The molecule has 2 N–H and O–H groups in total. The zero-order valence-corrected chi connectivity index (χ0v) is 12.0. The van der Waals surface area contributed by atoms with Gasteiger partial charge in [-0.05, 0) is 31.0 Å². The van der Waals surface area contributed by atoms with Gasteiger partial charge in [0.25, 0.3) is 5.91 Å². The molecule has 0 bridgehead atoms. The number of nitrogens with two attached hydrogens (primary N) is 1. The first kappa shape index (κ1) is 15.1. The molecule has 1 saturated heterocycles. The summed E-state index contributed by atoms with van der Waals surface area (Å²) in [7, 11) is 1.34. The number of likely N-dealkylation sites (tertiary alicyclic amines) is 1. The lowest BCUT2D eigenvalue weighted by molar-refractivity contribution is -0.145. The van der Waals surface area contributed by atoms with E-state index in [1.54, 1.807) is 23.1 Å². The zero-order chi connectivity index (χ0) is 15.2. The number of hydrogen-bond acceptors (Lipinski definition) is 4. The molecule has 1 amide bonds. The molecule has 1 aliphatic rings. The number of nitrogens with zero attached hydrogens (tertiary/aromatic N) is 1. The Morgan fingerprint density at radius 1 is 1.48 bits per heavy atom. The van der Waals surface area contributed by atoms with Crippen molar-refractivity contribution in [2.24, 2.45) is 5.73 Å². The highest BCUT2D eigenvalue weighted by molar-refractivity contribution is 5.97. The summed E-state index contributed by atoms with van der Waals surface area (Å²) in [5, 5.41) is 0. The summed E-state index contributed by atoms with van der Waals surface area (Å²) in [5.74, 6) is 5.12. The van der Waals surface area contributed by atoms with E-state index in [4.69, 9.17) is 10.5 Å². The van der Waals surface area contributed by atoms with Crippen molar-refractivity contribution < 1.29 is 14.3 Å². The molecule has 1 unspecified atom stereocenters. The quantitative estimate of drug-likeness (QED) is 0.644. The molecular weight excluding hydrogens is 268 g/mol. The summed E-state index contributed by atoms with van der Waals surface area (Å²) in [5.41, 5.74) is 6.60. The highest BCUT2D eigenvalue weighted by Gasteiger charge is 2.35. The molecule has 1 aromatic carbocycles. The third-order valence-corrected chi connectivity index (χ3v) is 3.43. The minimum absolute atomic E-state index is 0.167. The Kier molecular flexibility index (Phi) is 4.96. The number of hydrogen-bond donors (Lipinski definition) is 1. The smallest absolute Gasteiger partial charge is 0.328 e. The maximum Gasteiger partial charge on any atom is 0.328 e. The van der Waals surface area contributed by atoms with E-state index in [1.807, 2.05) is 6.07 Å². The predicted octanol–water partition coefficient (Wildman–Crippen LogP) is 0.774. The van der Waals surface area contributed by atoms with Crippen LogP contribution in [0.15, 0.2) is 24.3 Å². The second-order valence-electron chi connectivity index (χ2n) is 4.77. The fourth-order valence-electron chi connectivity index (χ4n) is 2.44. The summed E-state index contributed by atoms with van der Waals surface area (Å²) in [6, 6.07) is 6.56. The number of carbonyl (C=O) groups is 2. The molecule has 0 radical (unpaired) electrons. The van der Waals surface area contributed by atoms with Crippen LogP contribution in [0.4, 0.5) is 0 Å². The van der Waals surface area contributed by atoms with Crippen molar-refractivity contribution >= 4 is 11.9 Å². The maximum atomic E-state index is 12.5. The first-order chi connectivity index (χ1) is 10.2. The molecule has 110 valence electrons. The molecule has 21 heavy (non-hydrogen) atoms. The number of methoxy groups -OCH3 is 1. The van der Waals surface area contributed by atoms with Crippen LogP contribution in [0.5, 0.6) is 0 Å². The van der Waals surface area contributed by atoms with Crippen LogP contribution in [0.3, 0.4) is 0 Å². The number of benzene rings is 1. The van der Waals surface area contributed by atoms with Crippen LogP contribution in [0, 0.1) is 11.8 Å². The van der Waals surface area contributed by atoms with E-state index in [2.05, 4.69) is 11.8 Å². The van der Waals surface area contributed by atoms with Gasteiger partial charge in [-0.15, -0.1) is 0 Å². The van der Waals surface area contributed by atoms with Gasteiger partial charge in [0.1, 0.15) is 6.04 Å². The Labute approximate surface area is 124 Å². The minimum Gasteiger partial charge on any atom is -0.467 e. The molecule has 0 aromatic heterocycles. The number of carbonyl (C=O) groups excluding carboxylic acids is 2. The summed E-state index contributed by atoms with van der Waals surface area (Å²) in [4.78, 5) is 25.8. The Balaban J connectivity index is 2.21. The fraction of sp³-hybridized carbons (Fsp3) is 0.375. The van der Waals surface area contributed by atoms with Gasteiger partial charge in [0, 0.05) is 17.7 Å². The molecule has 5 nitrogen and oxygen atoms in total. The van der Waals surface area contributed by atoms with E-state index in [9.17, 15) is 9.59 Å². The van der Waals surface area contributed by atoms with Crippen LogP contribution >= 0.6 is 0 Å². The van der Waals surface area contributed by atoms with E-state index in [0.29, 0.717) is 18.5 Å². The van der Waals surface area contributed by atoms with E-state index >= 15 is 0 Å². The van der Waals surface area contributed by atoms with Crippen molar-refractivity contribution in [3.05, 3.63) is 35.4 Å². The average molecular weight is 286 g/mol. The molecule has 5 heteroatoms. The highest BCUT2D eigenvalue weighted by atomic mass is 16.5. The number of ether oxygens (including phenoxy) is 1. The second kappa shape index (κ2) is 6.91. The fourth-order valence-corrected chi connectivity index (χ4v) is 2.44. The van der Waals surface area contributed by atoms with Gasteiger partial charge >= 0.3 is 5.97 Å². The van der Waals surface area contributed by atoms with Gasteiger partial charge in [-0.3, -0.25) is 4.79 Å². The SMILES string of the molecule is COC(=O)C1CCCN1C(=O)c1cccc(C#CCN)c1. The third-order valence-electron chi connectivity index (χ3n) is 3.43. The van der Waals surface area contributed by atoms with Gasteiger partial charge in [0.2, 0.25) is 0 Å².